The maximum absolute atomic E-state index is 13.0. The minimum Gasteiger partial charge on any atom is -0.497 e. The summed E-state index contributed by atoms with van der Waals surface area (Å²) in [5.41, 5.74) is 1.60. The number of carbonyl (C=O) groups is 3. The molecule has 1 aliphatic rings. The van der Waals surface area contributed by atoms with E-state index in [1.165, 1.54) is 6.92 Å². The molecule has 2 N–H and O–H groups in total. The van der Waals surface area contributed by atoms with Gasteiger partial charge in [-0.05, 0) is 44.5 Å². The van der Waals surface area contributed by atoms with E-state index < -0.39 is 17.7 Å². The number of nitrogens with zero attached hydrogens (tertiary/aromatic N) is 1. The van der Waals surface area contributed by atoms with E-state index in [1.54, 1.807) is 24.1 Å². The Morgan fingerprint density at radius 1 is 1.14 bits per heavy atom. The van der Waals surface area contributed by atoms with Crippen LogP contribution in [0.15, 0.2) is 42.5 Å². The highest BCUT2D eigenvalue weighted by Crippen LogP contribution is 2.28. The first-order valence-electron chi connectivity index (χ1n) is 11.5. The Balaban J connectivity index is 1.72. The molecule has 9 heteroatoms. The topological polar surface area (TPSA) is 106 Å². The minimum absolute atomic E-state index is 0.300. The zero-order valence-electron chi connectivity index (χ0n) is 20.8. The number of hydrogen-bond donors (Lipinski definition) is 2. The second kappa shape index (κ2) is 11.1. The fourth-order valence-corrected chi connectivity index (χ4v) is 3.65. The predicted octanol–water partition coefficient (Wildman–Crippen LogP) is 3.51. The maximum Gasteiger partial charge on any atom is 0.410 e. The molecule has 9 nitrogen and oxygen atoms in total. The van der Waals surface area contributed by atoms with E-state index in [-0.39, 0.29) is 11.8 Å². The van der Waals surface area contributed by atoms with E-state index in [2.05, 4.69) is 10.6 Å². The van der Waals surface area contributed by atoms with Gasteiger partial charge >= 0.3 is 6.09 Å². The largest absolute Gasteiger partial charge is 0.497 e. The average Bonchev–Trinajstić information content (AvgIpc) is 2.99. The quantitative estimate of drug-likeness (QED) is 0.651. The van der Waals surface area contributed by atoms with Crippen LogP contribution in [0.2, 0.25) is 0 Å². The van der Waals surface area contributed by atoms with Crippen molar-refractivity contribution in [2.45, 2.75) is 52.3 Å². The standard InChI is InChI=1S/C26H33N3O6/c1-17(30)27-22(14-18-7-6-8-21(13-18)33-5)24(31)28-20-10-9-19-16-29(11-12-34-23(19)15-20)25(32)35-26(2,3)4/h6-10,13,15,22H,11-12,14,16H2,1-5H3,(H,27,30)(H,28,31). The number of methoxy groups -OCH3 is 1. The second-order valence-corrected chi connectivity index (χ2v) is 9.37. The lowest BCUT2D eigenvalue weighted by Crippen LogP contribution is -2.44. The molecule has 3 amide bonds. The predicted molar refractivity (Wildman–Crippen MR) is 132 cm³/mol. The van der Waals surface area contributed by atoms with Gasteiger partial charge in [-0.3, -0.25) is 9.59 Å². The summed E-state index contributed by atoms with van der Waals surface area (Å²) in [7, 11) is 1.57. The summed E-state index contributed by atoms with van der Waals surface area (Å²) < 4.78 is 16.6. The molecule has 35 heavy (non-hydrogen) atoms. The van der Waals surface area contributed by atoms with Crippen LogP contribution in [0.5, 0.6) is 11.5 Å². The van der Waals surface area contributed by atoms with Gasteiger partial charge in [0.15, 0.2) is 0 Å². The summed E-state index contributed by atoms with van der Waals surface area (Å²) in [6.45, 7) is 7.87. The fourth-order valence-electron chi connectivity index (χ4n) is 3.65. The van der Waals surface area contributed by atoms with Gasteiger partial charge in [-0.15, -0.1) is 0 Å². The van der Waals surface area contributed by atoms with Crippen LogP contribution < -0.4 is 20.1 Å². The van der Waals surface area contributed by atoms with Crippen molar-refractivity contribution in [2.75, 3.05) is 25.6 Å². The van der Waals surface area contributed by atoms with Gasteiger partial charge in [-0.25, -0.2) is 4.79 Å². The number of anilines is 1. The number of rotatable bonds is 6. The number of hydrogen-bond acceptors (Lipinski definition) is 6. The van der Waals surface area contributed by atoms with E-state index in [4.69, 9.17) is 14.2 Å². The molecule has 1 heterocycles. The Morgan fingerprint density at radius 3 is 2.60 bits per heavy atom. The number of fused-ring (bicyclic) bond motifs is 1. The first-order valence-corrected chi connectivity index (χ1v) is 11.5. The smallest absolute Gasteiger partial charge is 0.410 e. The Kier molecular flexibility index (Phi) is 8.22. The lowest BCUT2D eigenvalue weighted by molar-refractivity contribution is -0.125. The van der Waals surface area contributed by atoms with Crippen LogP contribution in [0.1, 0.15) is 38.8 Å². The first-order chi connectivity index (χ1) is 16.5. The molecule has 3 rings (SSSR count). The van der Waals surface area contributed by atoms with Gasteiger partial charge in [0.05, 0.1) is 20.2 Å². The van der Waals surface area contributed by atoms with E-state index in [0.717, 1.165) is 11.1 Å². The number of ether oxygens (including phenoxy) is 3. The Bertz CT molecular complexity index is 1080. The first kappa shape index (κ1) is 25.9. The van der Waals surface area contributed by atoms with Crippen LogP contribution >= 0.6 is 0 Å². The van der Waals surface area contributed by atoms with Crippen LogP contribution in [-0.2, 0) is 27.3 Å². The van der Waals surface area contributed by atoms with Crippen LogP contribution in [-0.4, -0.2) is 54.7 Å². The summed E-state index contributed by atoms with van der Waals surface area (Å²) in [4.78, 5) is 38.9. The molecule has 0 saturated heterocycles. The molecule has 1 aliphatic heterocycles. The molecule has 0 spiro atoms. The van der Waals surface area contributed by atoms with Crippen molar-refractivity contribution in [1.29, 1.82) is 0 Å². The molecule has 1 unspecified atom stereocenters. The van der Waals surface area contributed by atoms with Crippen LogP contribution in [0.25, 0.3) is 0 Å². The highest BCUT2D eigenvalue weighted by molar-refractivity contribution is 5.97. The lowest BCUT2D eigenvalue weighted by atomic mass is 10.0. The van der Waals surface area contributed by atoms with Gasteiger partial charge in [0.2, 0.25) is 11.8 Å². The SMILES string of the molecule is COc1cccc(CC(NC(C)=O)C(=O)Nc2ccc3c(c2)OCCN(C(=O)OC(C)(C)C)C3)c1. The van der Waals surface area contributed by atoms with Crippen LogP contribution in [0, 0.1) is 0 Å². The molecular weight excluding hydrogens is 450 g/mol. The van der Waals surface area contributed by atoms with Crippen molar-refractivity contribution in [3.63, 3.8) is 0 Å². The third kappa shape index (κ3) is 7.63. The summed E-state index contributed by atoms with van der Waals surface area (Å²) >= 11 is 0. The van der Waals surface area contributed by atoms with E-state index in [9.17, 15) is 14.4 Å². The molecule has 0 bridgehead atoms. The third-order valence-corrected chi connectivity index (χ3v) is 5.23. The summed E-state index contributed by atoms with van der Waals surface area (Å²) in [6, 6.07) is 11.9. The Labute approximate surface area is 205 Å². The molecular formula is C26H33N3O6. The monoisotopic (exact) mass is 483 g/mol. The van der Waals surface area contributed by atoms with Gasteiger partial charge in [-0.2, -0.15) is 0 Å². The molecule has 0 saturated carbocycles. The van der Waals surface area contributed by atoms with Gasteiger partial charge < -0.3 is 29.7 Å². The average molecular weight is 484 g/mol. The minimum atomic E-state index is -0.776. The van der Waals surface area contributed by atoms with Crippen molar-refractivity contribution >= 4 is 23.6 Å². The van der Waals surface area contributed by atoms with Crippen molar-refractivity contribution in [1.82, 2.24) is 10.2 Å². The normalized spacial score (nSPS) is 14.0. The zero-order chi connectivity index (χ0) is 25.6. The lowest BCUT2D eigenvalue weighted by Gasteiger charge is -2.26. The van der Waals surface area contributed by atoms with Gasteiger partial charge in [0.1, 0.15) is 29.7 Å². The Morgan fingerprint density at radius 2 is 1.91 bits per heavy atom. The summed E-state index contributed by atoms with van der Waals surface area (Å²) in [5, 5.41) is 5.58. The highest BCUT2D eigenvalue weighted by atomic mass is 16.6. The van der Waals surface area contributed by atoms with Crippen LogP contribution in [0.3, 0.4) is 0 Å². The Hall–Kier alpha value is -3.75. The molecule has 1 atom stereocenters. The van der Waals surface area contributed by atoms with E-state index in [0.29, 0.717) is 43.3 Å². The molecule has 188 valence electrons. The number of nitrogens with one attached hydrogen (secondary N) is 2. The van der Waals surface area contributed by atoms with Crippen molar-refractivity contribution in [3.8, 4) is 11.5 Å². The zero-order valence-corrected chi connectivity index (χ0v) is 20.8. The van der Waals surface area contributed by atoms with Gasteiger partial charge in [0.25, 0.3) is 0 Å². The van der Waals surface area contributed by atoms with E-state index in [1.807, 2.05) is 51.1 Å². The second-order valence-electron chi connectivity index (χ2n) is 9.37. The molecule has 0 aliphatic carbocycles. The van der Waals surface area contributed by atoms with Crippen molar-refractivity contribution in [3.05, 3.63) is 53.6 Å². The third-order valence-electron chi connectivity index (χ3n) is 5.23. The van der Waals surface area contributed by atoms with Crippen LogP contribution in [0.4, 0.5) is 10.5 Å². The summed E-state index contributed by atoms with van der Waals surface area (Å²) in [5.74, 6) is 0.595. The van der Waals surface area contributed by atoms with Crippen molar-refractivity contribution < 1.29 is 28.6 Å². The number of amides is 3. The molecule has 0 fully saturated rings. The molecule has 0 radical (unpaired) electrons. The molecule has 2 aromatic carbocycles. The van der Waals surface area contributed by atoms with Gasteiger partial charge in [0, 0.05) is 30.7 Å². The van der Waals surface area contributed by atoms with E-state index >= 15 is 0 Å². The van der Waals surface area contributed by atoms with Gasteiger partial charge in [-0.1, -0.05) is 18.2 Å². The molecule has 0 aromatic heterocycles. The number of benzene rings is 2. The number of carbonyl (C=O) groups excluding carboxylic acids is 3. The molecule has 2 aromatic rings. The summed E-state index contributed by atoms with van der Waals surface area (Å²) in [6.07, 6.45) is -0.100. The highest BCUT2D eigenvalue weighted by Gasteiger charge is 2.26. The van der Waals surface area contributed by atoms with Crippen molar-refractivity contribution in [2.24, 2.45) is 0 Å². The fraction of sp³-hybridized carbons (Fsp3) is 0.423. The maximum atomic E-state index is 13.0.